The third-order valence-electron chi connectivity index (χ3n) is 0.950. The topological polar surface area (TPSA) is 144 Å². The molecule has 0 saturated carbocycles. The smallest absolute Gasteiger partial charge is 0.759 e. The van der Waals surface area contributed by atoms with Crippen LogP contribution in [0.25, 0.3) is 0 Å². The van der Waals surface area contributed by atoms with E-state index < -0.39 is 22.4 Å². The first-order chi connectivity index (χ1) is 6.18. The van der Waals surface area contributed by atoms with Crippen LogP contribution in [0.1, 0.15) is 6.42 Å². The molecule has 0 heterocycles. The van der Waals surface area contributed by atoms with Crippen molar-refractivity contribution in [2.75, 3.05) is 12.0 Å². The van der Waals surface area contributed by atoms with Crippen LogP contribution in [-0.4, -0.2) is 46.6 Å². The van der Waals surface area contributed by atoms with Crippen LogP contribution in [0.5, 0.6) is 0 Å². The maximum absolute atomic E-state index is 10.1. The molecule has 0 aliphatic heterocycles. The second kappa shape index (κ2) is 10.7. The number of carboxylic acids is 1. The van der Waals surface area contributed by atoms with Crippen LogP contribution in [0.15, 0.2) is 0 Å². The Balaban J connectivity index is -0.000000208. The molecule has 0 amide bonds. The minimum absolute atomic E-state index is 0. The van der Waals surface area contributed by atoms with Gasteiger partial charge in [0.25, 0.3) is 0 Å². The molecule has 0 rings (SSSR count). The quantitative estimate of drug-likeness (QED) is 0.374. The minimum atomic E-state index is -5.17. The zero-order valence-corrected chi connectivity index (χ0v) is 10.6. The molecule has 1 unspecified atom stereocenters. The molecule has 0 aromatic heterocycles. The van der Waals surface area contributed by atoms with Gasteiger partial charge in [-0.05, 0) is 18.4 Å². The van der Waals surface area contributed by atoms with Crippen LogP contribution in [0.3, 0.4) is 0 Å². The first-order valence-electron chi connectivity index (χ1n) is 3.32. The summed E-state index contributed by atoms with van der Waals surface area (Å²) in [7, 11) is -5.17. The maximum atomic E-state index is 10.1. The van der Waals surface area contributed by atoms with Gasteiger partial charge in [-0.3, -0.25) is 13.2 Å². The van der Waals surface area contributed by atoms with E-state index in [1.165, 1.54) is 0 Å². The van der Waals surface area contributed by atoms with Crippen LogP contribution in [0, 0.1) is 0 Å². The Hall–Kier alpha value is 0.169. The largest absolute Gasteiger partial charge is 2.00 e. The molecular formula is C5H11MnNO6S2. The number of thioether (sulfide) groups is 1. The zero-order chi connectivity index (χ0) is 11.8. The third-order valence-corrected chi connectivity index (χ3v) is 1.59. The molecule has 0 saturated heterocycles. The summed E-state index contributed by atoms with van der Waals surface area (Å²) in [5.74, 6) is -0.1000. The number of hydrogen-bond donors (Lipinski definition) is 2. The van der Waals surface area contributed by atoms with E-state index in [0.717, 1.165) is 5.75 Å². The fourth-order valence-corrected chi connectivity index (χ4v) is 0.858. The van der Waals surface area contributed by atoms with Crippen molar-refractivity contribution >= 4 is 28.1 Å². The Bertz CT molecular complexity index is 248. The number of aliphatic carboxylic acids is 1. The third kappa shape index (κ3) is 31.4. The van der Waals surface area contributed by atoms with Crippen molar-refractivity contribution < 1.29 is 44.5 Å². The first kappa shape index (κ1) is 20.6. The van der Waals surface area contributed by atoms with E-state index in [-0.39, 0.29) is 17.1 Å². The number of rotatable bonds is 4. The number of nitrogens with two attached hydrogens (primary N) is 1. The monoisotopic (exact) mass is 300 g/mol. The van der Waals surface area contributed by atoms with Gasteiger partial charge in [-0.15, -0.1) is 0 Å². The molecule has 10 heteroatoms. The molecule has 0 aliphatic carbocycles. The molecule has 3 N–H and O–H groups in total. The van der Waals surface area contributed by atoms with Gasteiger partial charge in [0, 0.05) is 10.4 Å². The SMILES string of the molecule is CSCCC(N)C(=O)O.O=S(=O)([O-])[O-].[Mn+2]. The molecule has 0 aromatic rings. The summed E-state index contributed by atoms with van der Waals surface area (Å²) in [5.41, 5.74) is 5.19. The second-order valence-corrected chi connectivity index (χ2v) is 3.94. The first-order valence-corrected chi connectivity index (χ1v) is 6.05. The molecule has 0 spiro atoms. The second-order valence-electron chi connectivity index (χ2n) is 2.13. The molecule has 0 fully saturated rings. The van der Waals surface area contributed by atoms with E-state index in [4.69, 9.17) is 28.4 Å². The van der Waals surface area contributed by atoms with Crippen molar-refractivity contribution in [1.29, 1.82) is 0 Å². The summed E-state index contributed by atoms with van der Waals surface area (Å²) in [6.45, 7) is 0. The minimum Gasteiger partial charge on any atom is -0.759 e. The fourth-order valence-electron chi connectivity index (χ4n) is 0.368. The molecule has 7 nitrogen and oxygen atoms in total. The summed E-state index contributed by atoms with van der Waals surface area (Å²) < 4.78 is 34.1. The van der Waals surface area contributed by atoms with Gasteiger partial charge in [0.05, 0.1) is 0 Å². The Morgan fingerprint density at radius 1 is 1.53 bits per heavy atom. The number of hydrogen-bond acceptors (Lipinski definition) is 7. The molecule has 0 aliphatic rings. The Labute approximate surface area is 103 Å². The van der Waals surface area contributed by atoms with Gasteiger partial charge in [-0.25, -0.2) is 0 Å². The van der Waals surface area contributed by atoms with Crippen molar-refractivity contribution in [3.63, 3.8) is 0 Å². The van der Waals surface area contributed by atoms with E-state index in [2.05, 4.69) is 0 Å². The van der Waals surface area contributed by atoms with Crippen LogP contribution >= 0.6 is 11.8 Å². The molecule has 1 radical (unpaired) electrons. The summed E-state index contributed by atoms with van der Waals surface area (Å²) in [4.78, 5) is 10.1. The Morgan fingerprint density at radius 2 is 1.87 bits per heavy atom. The zero-order valence-electron chi connectivity index (χ0n) is 7.75. The Morgan fingerprint density at radius 3 is 2.07 bits per heavy atom. The van der Waals surface area contributed by atoms with Gasteiger partial charge >= 0.3 is 23.0 Å². The summed E-state index contributed by atoms with van der Waals surface area (Å²) in [6.07, 6.45) is 2.48. The normalized spacial score (nSPS) is 11.7. The molecule has 0 aromatic carbocycles. The summed E-state index contributed by atoms with van der Waals surface area (Å²) in [5, 5.41) is 8.27. The Kier molecular flexibility index (Phi) is 14.6. The molecule has 1 atom stereocenters. The van der Waals surface area contributed by atoms with Crippen molar-refractivity contribution in [2.24, 2.45) is 5.73 Å². The van der Waals surface area contributed by atoms with Crippen LogP contribution in [0.2, 0.25) is 0 Å². The fraction of sp³-hybridized carbons (Fsp3) is 0.800. The van der Waals surface area contributed by atoms with Crippen LogP contribution in [0.4, 0.5) is 0 Å². The predicted octanol–water partition coefficient (Wildman–Crippen LogP) is -1.19. The van der Waals surface area contributed by atoms with Crippen molar-refractivity contribution in [3.05, 3.63) is 0 Å². The molecule has 91 valence electrons. The van der Waals surface area contributed by atoms with E-state index in [9.17, 15) is 4.79 Å². The standard InChI is InChI=1S/C5H11NO2S.Mn.H2O4S/c1-9-3-2-4(6)5(7)8;;1-5(2,3)4/h4H,2-3,6H2,1H3,(H,7,8);;(H2,1,2,3,4)/q;+2;/p-2. The maximum Gasteiger partial charge on any atom is 2.00 e. The van der Waals surface area contributed by atoms with Crippen molar-refractivity contribution in [1.82, 2.24) is 0 Å². The predicted molar refractivity (Wildman–Crippen MR) is 49.1 cm³/mol. The van der Waals surface area contributed by atoms with E-state index >= 15 is 0 Å². The van der Waals surface area contributed by atoms with Crippen LogP contribution < -0.4 is 5.73 Å². The van der Waals surface area contributed by atoms with Gasteiger partial charge in [0.1, 0.15) is 6.04 Å². The van der Waals surface area contributed by atoms with Gasteiger partial charge in [0.2, 0.25) is 0 Å². The average molecular weight is 300 g/mol. The van der Waals surface area contributed by atoms with Crippen LogP contribution in [-0.2, 0) is 32.3 Å². The van der Waals surface area contributed by atoms with E-state index in [1.54, 1.807) is 11.8 Å². The van der Waals surface area contributed by atoms with E-state index in [1.807, 2.05) is 6.26 Å². The number of carboxylic acid groups (broad SMARTS) is 1. The van der Waals surface area contributed by atoms with Gasteiger partial charge in [-0.1, -0.05) is 0 Å². The van der Waals surface area contributed by atoms with E-state index in [0.29, 0.717) is 6.42 Å². The van der Waals surface area contributed by atoms with Crippen molar-refractivity contribution in [3.8, 4) is 0 Å². The van der Waals surface area contributed by atoms with Gasteiger partial charge < -0.3 is 19.9 Å². The average Bonchev–Trinajstić information content (AvgIpc) is 1.96. The molecular weight excluding hydrogens is 289 g/mol. The van der Waals surface area contributed by atoms with Gasteiger partial charge in [-0.2, -0.15) is 11.8 Å². The van der Waals surface area contributed by atoms with Crippen molar-refractivity contribution in [2.45, 2.75) is 12.5 Å². The summed E-state index contributed by atoms with van der Waals surface area (Å²) >= 11 is 1.60. The molecule has 0 bridgehead atoms. The van der Waals surface area contributed by atoms with Gasteiger partial charge in [0.15, 0.2) is 0 Å². The summed E-state index contributed by atoms with van der Waals surface area (Å²) in [6, 6.07) is -0.683. The number of carbonyl (C=O) groups is 1. The molecule has 15 heavy (non-hydrogen) atoms.